The molecule has 0 saturated heterocycles. The molecule has 1 aliphatic rings. The quantitative estimate of drug-likeness (QED) is 0.152. The van der Waals surface area contributed by atoms with Crippen molar-refractivity contribution in [2.24, 2.45) is 0 Å². The number of hydrogen-bond donors (Lipinski definition) is 0. The van der Waals surface area contributed by atoms with Crippen LogP contribution < -0.4 is 0 Å². The number of rotatable bonds is 7. The van der Waals surface area contributed by atoms with Gasteiger partial charge in [0, 0.05) is 38.8 Å². The van der Waals surface area contributed by atoms with Crippen LogP contribution in [0.5, 0.6) is 0 Å². The molecule has 0 fully saturated rings. The van der Waals surface area contributed by atoms with Crippen LogP contribution in [-0.4, -0.2) is 9.13 Å². The van der Waals surface area contributed by atoms with Crippen LogP contribution in [0.25, 0.3) is 99.5 Å². The summed E-state index contributed by atoms with van der Waals surface area (Å²) >= 11 is 0. The average molecular weight is 815 g/mol. The van der Waals surface area contributed by atoms with E-state index in [4.69, 9.17) is 0 Å². The summed E-state index contributed by atoms with van der Waals surface area (Å²) in [6.45, 7) is 0. The third-order valence-electron chi connectivity index (χ3n) is 13.7. The lowest BCUT2D eigenvalue weighted by Crippen LogP contribution is -2.01. The molecule has 0 bridgehead atoms. The molecule has 12 aromatic rings. The number of nitrogens with zero attached hydrogens (tertiary/aromatic N) is 2. The minimum atomic E-state index is 0.314. The lowest BCUT2D eigenvalue weighted by Gasteiger charge is -2.15. The Balaban J connectivity index is 0.827. The minimum absolute atomic E-state index is 0.314. The fourth-order valence-corrected chi connectivity index (χ4v) is 10.7. The summed E-state index contributed by atoms with van der Waals surface area (Å²) in [6, 6.07) is 87.2. The van der Waals surface area contributed by atoms with Crippen LogP contribution in [0, 0.1) is 0 Å². The molecule has 1 atom stereocenters. The molecule has 64 heavy (non-hydrogen) atoms. The van der Waals surface area contributed by atoms with Crippen molar-refractivity contribution in [2.45, 2.75) is 12.3 Å². The maximum absolute atomic E-state index is 2.42. The van der Waals surface area contributed by atoms with Crippen molar-refractivity contribution in [3.05, 3.63) is 253 Å². The summed E-state index contributed by atoms with van der Waals surface area (Å²) in [4.78, 5) is 0. The van der Waals surface area contributed by atoms with E-state index in [2.05, 4.69) is 246 Å². The SMILES string of the molecule is c1ccc(-c2ccc3c(c2)-c2ccccc2C3Cc2cccc(-c3ccc(-n4c5ccccc5c5cc(-c6ccc7c(c6)c6ccccc6n7-c6ccccc6)ccc54)cc3)c2)cc1. The monoisotopic (exact) mass is 814 g/mol. The fourth-order valence-electron chi connectivity index (χ4n) is 10.7. The Labute approximate surface area is 372 Å². The minimum Gasteiger partial charge on any atom is -0.309 e. The van der Waals surface area contributed by atoms with E-state index in [9.17, 15) is 0 Å². The molecular formula is C62H42N2. The largest absolute Gasteiger partial charge is 0.309 e. The van der Waals surface area contributed by atoms with E-state index in [1.165, 1.54) is 110 Å². The van der Waals surface area contributed by atoms with Gasteiger partial charge in [0.1, 0.15) is 0 Å². The van der Waals surface area contributed by atoms with E-state index >= 15 is 0 Å². The van der Waals surface area contributed by atoms with E-state index in [0.717, 1.165) is 12.1 Å². The molecule has 2 nitrogen and oxygen atoms in total. The van der Waals surface area contributed by atoms with Crippen LogP contribution in [0.4, 0.5) is 0 Å². The average Bonchev–Trinajstić information content (AvgIpc) is 3.99. The first-order valence-corrected chi connectivity index (χ1v) is 22.3. The lowest BCUT2D eigenvalue weighted by molar-refractivity contribution is 0.827. The first kappa shape index (κ1) is 36.5. The zero-order chi connectivity index (χ0) is 42.1. The number of benzene rings is 10. The summed E-state index contributed by atoms with van der Waals surface area (Å²) in [5.74, 6) is 0.314. The topological polar surface area (TPSA) is 9.86 Å². The highest BCUT2D eigenvalue weighted by atomic mass is 15.0. The standard InChI is InChI=1S/C62H42N2/c1-3-15-42(16-4-1)45-28-33-52-55(50-20-7-8-21-51(50)56(52)38-45)37-41-14-13-17-44(36-41)43-26-31-49(32-27-43)64-60-25-12-10-23-54(60)58-40-47(30-35-62(58)64)46-29-34-61-57(39-46)53-22-9-11-24-59(53)63(61)48-18-5-2-6-19-48/h1-36,38-40,55H,37H2. The van der Waals surface area contributed by atoms with Crippen molar-refractivity contribution in [2.75, 3.05) is 0 Å². The van der Waals surface area contributed by atoms with Crippen molar-refractivity contribution in [3.63, 3.8) is 0 Å². The molecule has 0 amide bonds. The van der Waals surface area contributed by atoms with E-state index < -0.39 is 0 Å². The second-order valence-electron chi connectivity index (χ2n) is 17.3. The first-order valence-electron chi connectivity index (χ1n) is 22.3. The molecule has 0 radical (unpaired) electrons. The number of fused-ring (bicyclic) bond motifs is 9. The molecule has 0 N–H and O–H groups in total. The molecule has 2 aromatic heterocycles. The molecule has 0 aliphatic heterocycles. The van der Waals surface area contributed by atoms with Crippen LogP contribution in [0.1, 0.15) is 22.6 Å². The van der Waals surface area contributed by atoms with Gasteiger partial charge < -0.3 is 9.13 Å². The Bertz CT molecular complexity index is 3740. The van der Waals surface area contributed by atoms with Crippen molar-refractivity contribution in [3.8, 4) is 55.9 Å². The molecule has 0 spiro atoms. The van der Waals surface area contributed by atoms with Crippen LogP contribution in [-0.2, 0) is 6.42 Å². The molecule has 10 aromatic carbocycles. The van der Waals surface area contributed by atoms with Gasteiger partial charge in [-0.2, -0.15) is 0 Å². The number of hydrogen-bond acceptors (Lipinski definition) is 0. The molecule has 1 unspecified atom stereocenters. The fraction of sp³-hybridized carbons (Fsp3) is 0.0323. The summed E-state index contributed by atoms with van der Waals surface area (Å²) in [5.41, 5.74) is 21.5. The molecule has 300 valence electrons. The maximum atomic E-state index is 2.42. The number of para-hydroxylation sites is 3. The predicted octanol–water partition coefficient (Wildman–Crippen LogP) is 16.2. The van der Waals surface area contributed by atoms with E-state index in [1.54, 1.807) is 0 Å². The predicted molar refractivity (Wildman–Crippen MR) is 269 cm³/mol. The van der Waals surface area contributed by atoms with Gasteiger partial charge in [-0.1, -0.05) is 170 Å². The Morgan fingerprint density at radius 1 is 0.281 bits per heavy atom. The second-order valence-corrected chi connectivity index (χ2v) is 17.3. The molecule has 2 heterocycles. The van der Waals surface area contributed by atoms with Crippen LogP contribution in [0.15, 0.2) is 237 Å². The zero-order valence-corrected chi connectivity index (χ0v) is 35.2. The summed E-state index contributed by atoms with van der Waals surface area (Å²) < 4.78 is 4.80. The Morgan fingerprint density at radius 3 is 1.44 bits per heavy atom. The van der Waals surface area contributed by atoms with Gasteiger partial charge in [0.15, 0.2) is 0 Å². The van der Waals surface area contributed by atoms with Gasteiger partial charge in [-0.05, 0) is 134 Å². The van der Waals surface area contributed by atoms with E-state index in [-0.39, 0.29) is 0 Å². The Morgan fingerprint density at radius 2 is 0.750 bits per heavy atom. The van der Waals surface area contributed by atoms with Gasteiger partial charge in [0.2, 0.25) is 0 Å². The van der Waals surface area contributed by atoms with E-state index in [0.29, 0.717) is 5.92 Å². The highest BCUT2D eigenvalue weighted by Crippen LogP contribution is 2.48. The Hall–Kier alpha value is -8.20. The Kier molecular flexibility index (Phi) is 8.39. The van der Waals surface area contributed by atoms with Gasteiger partial charge in [0.05, 0.1) is 22.1 Å². The van der Waals surface area contributed by atoms with Gasteiger partial charge >= 0.3 is 0 Å². The van der Waals surface area contributed by atoms with Crippen LogP contribution in [0.2, 0.25) is 0 Å². The van der Waals surface area contributed by atoms with E-state index in [1.807, 2.05) is 0 Å². The highest BCUT2D eigenvalue weighted by molar-refractivity contribution is 6.12. The first-order chi connectivity index (χ1) is 31.7. The van der Waals surface area contributed by atoms with Crippen molar-refractivity contribution >= 4 is 43.6 Å². The van der Waals surface area contributed by atoms with Gasteiger partial charge in [-0.3, -0.25) is 0 Å². The summed E-state index contributed by atoms with van der Waals surface area (Å²) in [7, 11) is 0. The molecule has 1 aliphatic carbocycles. The number of aromatic nitrogens is 2. The molecule has 2 heteroatoms. The summed E-state index contributed by atoms with van der Waals surface area (Å²) in [5, 5.41) is 5.03. The van der Waals surface area contributed by atoms with Crippen molar-refractivity contribution in [1.29, 1.82) is 0 Å². The molecular weight excluding hydrogens is 773 g/mol. The van der Waals surface area contributed by atoms with Crippen LogP contribution in [0.3, 0.4) is 0 Å². The zero-order valence-electron chi connectivity index (χ0n) is 35.2. The van der Waals surface area contributed by atoms with Gasteiger partial charge in [-0.25, -0.2) is 0 Å². The van der Waals surface area contributed by atoms with Crippen molar-refractivity contribution < 1.29 is 0 Å². The third-order valence-corrected chi connectivity index (χ3v) is 13.7. The molecule has 0 saturated carbocycles. The maximum Gasteiger partial charge on any atom is 0.0541 e. The van der Waals surface area contributed by atoms with Crippen molar-refractivity contribution in [1.82, 2.24) is 9.13 Å². The van der Waals surface area contributed by atoms with Crippen LogP contribution >= 0.6 is 0 Å². The third kappa shape index (κ3) is 5.87. The highest BCUT2D eigenvalue weighted by Gasteiger charge is 2.29. The molecule has 13 rings (SSSR count). The normalized spacial score (nSPS) is 13.2. The van der Waals surface area contributed by atoms with Gasteiger partial charge in [0.25, 0.3) is 0 Å². The smallest absolute Gasteiger partial charge is 0.0541 e. The van der Waals surface area contributed by atoms with Gasteiger partial charge in [-0.15, -0.1) is 0 Å². The lowest BCUT2D eigenvalue weighted by atomic mass is 9.88. The second kappa shape index (κ2) is 14.7. The summed E-state index contributed by atoms with van der Waals surface area (Å²) in [6.07, 6.45) is 0.953.